The molecule has 1 aromatic rings. The number of rotatable bonds is 7. The molecular weight excluding hydrogens is 278 g/mol. The quantitative estimate of drug-likeness (QED) is 0.781. The highest BCUT2D eigenvalue weighted by Crippen LogP contribution is 2.13. The molecule has 1 N–H and O–H groups in total. The number of benzene rings is 1. The SMILES string of the molecule is CN(C)c1ccc(/C=C/C(=O)N(CCO)CC(F)F)cc1. The molecule has 1 aromatic carbocycles. The lowest BCUT2D eigenvalue weighted by molar-refractivity contribution is -0.128. The van der Waals surface area contributed by atoms with Crippen LogP contribution in [0.25, 0.3) is 6.08 Å². The zero-order valence-corrected chi connectivity index (χ0v) is 12.2. The topological polar surface area (TPSA) is 43.8 Å². The summed E-state index contributed by atoms with van der Waals surface area (Å²) in [5, 5.41) is 8.80. The van der Waals surface area contributed by atoms with Crippen LogP contribution in [-0.2, 0) is 4.79 Å². The number of alkyl halides is 2. The molecule has 0 heterocycles. The Kier molecular flexibility index (Phi) is 6.81. The highest BCUT2D eigenvalue weighted by Gasteiger charge is 2.15. The lowest BCUT2D eigenvalue weighted by Gasteiger charge is -2.19. The van der Waals surface area contributed by atoms with E-state index >= 15 is 0 Å². The molecule has 0 bridgehead atoms. The first-order valence-corrected chi connectivity index (χ1v) is 6.57. The van der Waals surface area contributed by atoms with Crippen LogP contribution in [0.3, 0.4) is 0 Å². The largest absolute Gasteiger partial charge is 0.395 e. The van der Waals surface area contributed by atoms with E-state index in [9.17, 15) is 13.6 Å². The van der Waals surface area contributed by atoms with Gasteiger partial charge < -0.3 is 14.9 Å². The van der Waals surface area contributed by atoms with Gasteiger partial charge in [-0.25, -0.2) is 8.78 Å². The van der Waals surface area contributed by atoms with Crippen molar-refractivity contribution in [1.29, 1.82) is 0 Å². The van der Waals surface area contributed by atoms with Crippen molar-refractivity contribution < 1.29 is 18.7 Å². The number of aliphatic hydroxyl groups is 1. The van der Waals surface area contributed by atoms with E-state index in [0.29, 0.717) is 0 Å². The maximum absolute atomic E-state index is 12.3. The second-order valence-corrected chi connectivity index (χ2v) is 4.72. The van der Waals surface area contributed by atoms with Crippen LogP contribution in [0, 0.1) is 0 Å². The smallest absolute Gasteiger partial charge is 0.255 e. The Morgan fingerprint density at radius 2 is 1.90 bits per heavy atom. The summed E-state index contributed by atoms with van der Waals surface area (Å²) in [5.74, 6) is -0.541. The van der Waals surface area contributed by atoms with Crippen LogP contribution in [0.1, 0.15) is 5.56 Å². The van der Waals surface area contributed by atoms with Gasteiger partial charge in [-0.1, -0.05) is 12.1 Å². The molecule has 6 heteroatoms. The number of hydrogen-bond donors (Lipinski definition) is 1. The maximum atomic E-state index is 12.3. The Morgan fingerprint density at radius 3 is 2.38 bits per heavy atom. The van der Waals surface area contributed by atoms with Gasteiger partial charge in [0.2, 0.25) is 5.91 Å². The molecule has 1 rings (SSSR count). The molecule has 0 aliphatic rings. The number of amides is 1. The molecule has 0 saturated heterocycles. The Labute approximate surface area is 123 Å². The van der Waals surface area contributed by atoms with Gasteiger partial charge in [-0.3, -0.25) is 4.79 Å². The molecule has 0 unspecified atom stereocenters. The van der Waals surface area contributed by atoms with Crippen molar-refractivity contribution in [3.63, 3.8) is 0 Å². The van der Waals surface area contributed by atoms with Crippen molar-refractivity contribution >= 4 is 17.7 Å². The van der Waals surface area contributed by atoms with Crippen molar-refractivity contribution in [2.24, 2.45) is 0 Å². The first-order chi connectivity index (χ1) is 9.93. The van der Waals surface area contributed by atoms with Gasteiger partial charge in [-0.05, 0) is 23.8 Å². The van der Waals surface area contributed by atoms with E-state index in [4.69, 9.17) is 5.11 Å². The minimum absolute atomic E-state index is 0.104. The van der Waals surface area contributed by atoms with Crippen LogP contribution < -0.4 is 4.90 Å². The van der Waals surface area contributed by atoms with Gasteiger partial charge in [-0.2, -0.15) is 0 Å². The van der Waals surface area contributed by atoms with Gasteiger partial charge in [-0.15, -0.1) is 0 Å². The van der Waals surface area contributed by atoms with Crippen molar-refractivity contribution in [3.8, 4) is 0 Å². The van der Waals surface area contributed by atoms with Gasteiger partial charge in [0, 0.05) is 32.4 Å². The van der Waals surface area contributed by atoms with Crippen molar-refractivity contribution in [2.75, 3.05) is 38.7 Å². The molecule has 1 amide bonds. The number of halogens is 2. The number of hydrogen-bond acceptors (Lipinski definition) is 3. The Hall–Kier alpha value is -1.95. The fourth-order valence-electron chi connectivity index (χ4n) is 1.74. The van der Waals surface area contributed by atoms with E-state index < -0.39 is 18.9 Å². The summed E-state index contributed by atoms with van der Waals surface area (Å²) in [4.78, 5) is 14.7. The third-order valence-electron chi connectivity index (χ3n) is 2.87. The second kappa shape index (κ2) is 8.36. The molecular formula is C15H20F2N2O2. The molecule has 0 radical (unpaired) electrons. The van der Waals surface area contributed by atoms with Gasteiger partial charge in [0.15, 0.2) is 0 Å². The van der Waals surface area contributed by atoms with Crippen LogP contribution in [-0.4, -0.2) is 56.1 Å². The average Bonchev–Trinajstić information content (AvgIpc) is 2.44. The molecule has 0 atom stereocenters. The zero-order chi connectivity index (χ0) is 15.8. The van der Waals surface area contributed by atoms with Crippen LogP contribution >= 0.6 is 0 Å². The molecule has 116 valence electrons. The number of carbonyl (C=O) groups is 1. The standard InChI is InChI=1S/C15H20F2N2O2/c1-18(2)13-6-3-12(4-7-13)5-8-15(21)19(9-10-20)11-14(16)17/h3-8,14,20H,9-11H2,1-2H3/b8-5+. The molecule has 0 aliphatic carbocycles. The summed E-state index contributed by atoms with van der Waals surface area (Å²) in [7, 11) is 3.84. The van der Waals surface area contributed by atoms with Crippen molar-refractivity contribution in [2.45, 2.75) is 6.43 Å². The van der Waals surface area contributed by atoms with E-state index in [0.717, 1.165) is 16.2 Å². The molecule has 4 nitrogen and oxygen atoms in total. The van der Waals surface area contributed by atoms with E-state index in [1.165, 1.54) is 6.08 Å². The lowest BCUT2D eigenvalue weighted by atomic mass is 10.2. The first kappa shape index (κ1) is 17.1. The Bertz CT molecular complexity index is 473. The molecule has 0 saturated carbocycles. The van der Waals surface area contributed by atoms with Crippen LogP contribution in [0.15, 0.2) is 30.3 Å². The fraction of sp³-hybridized carbons (Fsp3) is 0.400. The Morgan fingerprint density at radius 1 is 1.29 bits per heavy atom. The maximum Gasteiger partial charge on any atom is 0.255 e. The predicted octanol–water partition coefficient (Wildman–Crippen LogP) is 1.85. The number of anilines is 1. The zero-order valence-electron chi connectivity index (χ0n) is 12.2. The highest BCUT2D eigenvalue weighted by molar-refractivity contribution is 5.91. The van der Waals surface area contributed by atoms with Gasteiger partial charge in [0.05, 0.1) is 13.2 Å². The van der Waals surface area contributed by atoms with Crippen molar-refractivity contribution in [1.82, 2.24) is 4.90 Å². The van der Waals surface area contributed by atoms with E-state index in [-0.39, 0.29) is 13.2 Å². The van der Waals surface area contributed by atoms with Gasteiger partial charge in [0.25, 0.3) is 6.43 Å². The summed E-state index contributed by atoms with van der Waals surface area (Å²) in [6, 6.07) is 7.47. The van der Waals surface area contributed by atoms with Crippen LogP contribution in [0.2, 0.25) is 0 Å². The highest BCUT2D eigenvalue weighted by atomic mass is 19.3. The first-order valence-electron chi connectivity index (χ1n) is 6.57. The third-order valence-corrected chi connectivity index (χ3v) is 2.87. The number of nitrogens with zero attached hydrogens (tertiary/aromatic N) is 2. The molecule has 0 aliphatic heterocycles. The van der Waals surface area contributed by atoms with Crippen molar-refractivity contribution in [3.05, 3.63) is 35.9 Å². The third kappa shape index (κ3) is 5.91. The number of aliphatic hydroxyl groups excluding tert-OH is 1. The van der Waals surface area contributed by atoms with E-state index in [1.807, 2.05) is 43.3 Å². The average molecular weight is 298 g/mol. The lowest BCUT2D eigenvalue weighted by Crippen LogP contribution is -2.36. The minimum Gasteiger partial charge on any atom is -0.395 e. The summed E-state index contributed by atoms with van der Waals surface area (Å²) >= 11 is 0. The molecule has 21 heavy (non-hydrogen) atoms. The van der Waals surface area contributed by atoms with Gasteiger partial charge >= 0.3 is 0 Å². The molecule has 0 fully saturated rings. The summed E-state index contributed by atoms with van der Waals surface area (Å²) in [5.41, 5.74) is 1.83. The summed E-state index contributed by atoms with van der Waals surface area (Å²) in [6.45, 7) is -1.12. The van der Waals surface area contributed by atoms with Crippen LogP contribution in [0.5, 0.6) is 0 Å². The minimum atomic E-state index is -2.62. The normalized spacial score (nSPS) is 11.1. The Balaban J connectivity index is 2.70. The second-order valence-electron chi connectivity index (χ2n) is 4.72. The summed E-state index contributed by atoms with van der Waals surface area (Å²) in [6.07, 6.45) is 0.189. The predicted molar refractivity (Wildman–Crippen MR) is 79.5 cm³/mol. The van der Waals surface area contributed by atoms with E-state index in [1.54, 1.807) is 6.08 Å². The summed E-state index contributed by atoms with van der Waals surface area (Å²) < 4.78 is 24.7. The number of carbonyl (C=O) groups excluding carboxylic acids is 1. The monoisotopic (exact) mass is 298 g/mol. The van der Waals surface area contributed by atoms with Crippen LogP contribution in [0.4, 0.5) is 14.5 Å². The van der Waals surface area contributed by atoms with Gasteiger partial charge in [0.1, 0.15) is 0 Å². The van der Waals surface area contributed by atoms with E-state index in [2.05, 4.69) is 0 Å². The molecule has 0 aromatic heterocycles. The molecule has 0 spiro atoms. The fourth-order valence-corrected chi connectivity index (χ4v) is 1.74.